The molecule has 4 nitrogen and oxygen atoms in total. The first-order valence-electron chi connectivity index (χ1n) is 6.07. The third-order valence-electron chi connectivity index (χ3n) is 2.73. The number of nitrogens with one attached hydrogen (secondary N) is 2. The molecule has 2 amide bonds. The van der Waals surface area contributed by atoms with E-state index in [4.69, 9.17) is 4.74 Å². The summed E-state index contributed by atoms with van der Waals surface area (Å²) in [5.74, 6) is 0.617. The molecular weight excluding hydrogens is 320 g/mol. The lowest BCUT2D eigenvalue weighted by Crippen LogP contribution is -2.20. The number of urea groups is 1. The van der Waals surface area contributed by atoms with E-state index < -0.39 is 0 Å². The second kappa shape index (κ2) is 6.43. The van der Waals surface area contributed by atoms with Crippen molar-refractivity contribution in [3.05, 3.63) is 52.5 Å². The van der Waals surface area contributed by atoms with Gasteiger partial charge in [-0.2, -0.15) is 0 Å². The summed E-state index contributed by atoms with van der Waals surface area (Å²) in [6, 6.07) is 12.7. The Hall–Kier alpha value is -2.01. The summed E-state index contributed by atoms with van der Waals surface area (Å²) in [5, 5.41) is 5.56. The highest BCUT2D eigenvalue weighted by atomic mass is 79.9. The first kappa shape index (κ1) is 14.4. The van der Waals surface area contributed by atoms with Gasteiger partial charge in [-0.15, -0.1) is 0 Å². The minimum atomic E-state index is -0.319. The lowest BCUT2D eigenvalue weighted by atomic mass is 10.2. The Kier molecular flexibility index (Phi) is 4.63. The van der Waals surface area contributed by atoms with E-state index in [1.165, 1.54) is 0 Å². The number of amides is 2. The van der Waals surface area contributed by atoms with Crippen LogP contribution in [0, 0.1) is 6.92 Å². The normalized spacial score (nSPS) is 9.95. The molecule has 0 bridgehead atoms. The number of carbonyl (C=O) groups is 1. The van der Waals surface area contributed by atoms with Gasteiger partial charge in [-0.25, -0.2) is 4.79 Å². The molecule has 20 heavy (non-hydrogen) atoms. The smallest absolute Gasteiger partial charge is 0.323 e. The third kappa shape index (κ3) is 3.51. The molecule has 0 heterocycles. The maximum Gasteiger partial charge on any atom is 0.323 e. The van der Waals surface area contributed by atoms with Crippen LogP contribution in [0.2, 0.25) is 0 Å². The molecule has 0 aliphatic carbocycles. The fourth-order valence-electron chi connectivity index (χ4n) is 1.76. The first-order valence-corrected chi connectivity index (χ1v) is 6.86. The summed E-state index contributed by atoms with van der Waals surface area (Å²) in [6.07, 6.45) is 0. The van der Waals surface area contributed by atoms with Crippen LogP contribution >= 0.6 is 15.9 Å². The Labute approximate surface area is 126 Å². The highest BCUT2D eigenvalue weighted by molar-refractivity contribution is 9.10. The molecule has 2 aromatic carbocycles. The van der Waals surface area contributed by atoms with Gasteiger partial charge in [-0.1, -0.05) is 18.2 Å². The van der Waals surface area contributed by atoms with Crippen LogP contribution in [0.3, 0.4) is 0 Å². The Bertz CT molecular complexity index is 629. The SMILES string of the molecule is COc1ccccc1NC(=O)Nc1cc(C)ccc1Br. The predicted octanol–water partition coefficient (Wildman–Crippen LogP) is 4.41. The van der Waals surface area contributed by atoms with Crippen LogP contribution in [-0.4, -0.2) is 13.1 Å². The van der Waals surface area contributed by atoms with E-state index >= 15 is 0 Å². The lowest BCUT2D eigenvalue weighted by Gasteiger charge is -2.12. The van der Waals surface area contributed by atoms with Gasteiger partial charge in [0.25, 0.3) is 0 Å². The van der Waals surface area contributed by atoms with Crippen molar-refractivity contribution in [2.75, 3.05) is 17.7 Å². The number of hydrogen-bond acceptors (Lipinski definition) is 2. The zero-order valence-electron chi connectivity index (χ0n) is 11.2. The number of anilines is 2. The summed E-state index contributed by atoms with van der Waals surface area (Å²) in [4.78, 5) is 12.0. The summed E-state index contributed by atoms with van der Waals surface area (Å²) in [5.41, 5.74) is 2.41. The van der Waals surface area contributed by atoms with Gasteiger partial charge in [0.1, 0.15) is 5.75 Å². The van der Waals surface area contributed by atoms with Gasteiger partial charge >= 0.3 is 6.03 Å². The summed E-state index contributed by atoms with van der Waals surface area (Å²) in [7, 11) is 1.57. The lowest BCUT2D eigenvalue weighted by molar-refractivity contribution is 0.262. The van der Waals surface area contributed by atoms with Crippen LogP contribution in [0.4, 0.5) is 16.2 Å². The standard InChI is InChI=1S/C15H15BrN2O2/c1-10-7-8-11(16)13(9-10)18-15(19)17-12-5-3-4-6-14(12)20-2/h3-9H,1-2H3,(H2,17,18,19). The molecule has 0 fully saturated rings. The Morgan fingerprint density at radius 1 is 1.10 bits per heavy atom. The van der Waals surface area contributed by atoms with Gasteiger partial charge < -0.3 is 15.4 Å². The Morgan fingerprint density at radius 2 is 1.80 bits per heavy atom. The molecule has 0 aliphatic heterocycles. The Balaban J connectivity index is 2.11. The van der Waals surface area contributed by atoms with Crippen LogP contribution in [-0.2, 0) is 0 Å². The van der Waals surface area contributed by atoms with Gasteiger partial charge in [-0.05, 0) is 52.7 Å². The molecule has 0 saturated carbocycles. The molecule has 2 aromatic rings. The number of rotatable bonds is 3. The second-order valence-electron chi connectivity index (χ2n) is 4.26. The van der Waals surface area contributed by atoms with Gasteiger partial charge in [0.15, 0.2) is 0 Å². The quantitative estimate of drug-likeness (QED) is 0.873. The van der Waals surface area contributed by atoms with Crippen LogP contribution in [0.1, 0.15) is 5.56 Å². The highest BCUT2D eigenvalue weighted by Crippen LogP contribution is 2.25. The first-order chi connectivity index (χ1) is 9.60. The van der Waals surface area contributed by atoms with Crippen molar-refractivity contribution >= 4 is 33.3 Å². The van der Waals surface area contributed by atoms with Crippen LogP contribution in [0.25, 0.3) is 0 Å². The second-order valence-corrected chi connectivity index (χ2v) is 5.12. The fourth-order valence-corrected chi connectivity index (χ4v) is 2.10. The molecular formula is C15H15BrN2O2. The summed E-state index contributed by atoms with van der Waals surface area (Å²) < 4.78 is 6.02. The maximum absolute atomic E-state index is 12.0. The van der Waals surface area contributed by atoms with E-state index in [0.717, 1.165) is 15.7 Å². The van der Waals surface area contributed by atoms with E-state index in [2.05, 4.69) is 26.6 Å². The van der Waals surface area contributed by atoms with Crippen LogP contribution < -0.4 is 15.4 Å². The van der Waals surface area contributed by atoms with Crippen molar-refractivity contribution in [3.8, 4) is 5.75 Å². The topological polar surface area (TPSA) is 50.4 Å². The van der Waals surface area contributed by atoms with Crippen molar-refractivity contribution in [3.63, 3.8) is 0 Å². The minimum Gasteiger partial charge on any atom is -0.495 e. The number of aryl methyl sites for hydroxylation is 1. The fraction of sp³-hybridized carbons (Fsp3) is 0.133. The van der Waals surface area contributed by atoms with Gasteiger partial charge in [-0.3, -0.25) is 0 Å². The van der Waals surface area contributed by atoms with Crippen molar-refractivity contribution in [2.45, 2.75) is 6.92 Å². The van der Waals surface area contributed by atoms with Crippen molar-refractivity contribution in [1.29, 1.82) is 0 Å². The molecule has 0 atom stereocenters. The van der Waals surface area contributed by atoms with Gasteiger partial charge in [0, 0.05) is 4.47 Å². The molecule has 0 spiro atoms. The van der Waals surface area contributed by atoms with Crippen molar-refractivity contribution in [1.82, 2.24) is 0 Å². The van der Waals surface area contributed by atoms with Crippen LogP contribution in [0.5, 0.6) is 5.75 Å². The van der Waals surface area contributed by atoms with E-state index in [0.29, 0.717) is 11.4 Å². The number of halogens is 1. The number of hydrogen-bond donors (Lipinski definition) is 2. The van der Waals surface area contributed by atoms with Gasteiger partial charge in [0.2, 0.25) is 0 Å². The van der Waals surface area contributed by atoms with E-state index in [1.54, 1.807) is 19.2 Å². The molecule has 0 aromatic heterocycles. The average molecular weight is 335 g/mol. The molecule has 2 rings (SSSR count). The maximum atomic E-state index is 12.0. The Morgan fingerprint density at radius 3 is 2.55 bits per heavy atom. The van der Waals surface area contributed by atoms with Crippen LogP contribution in [0.15, 0.2) is 46.9 Å². The number of benzene rings is 2. The van der Waals surface area contributed by atoms with Gasteiger partial charge in [0.05, 0.1) is 18.5 Å². The highest BCUT2D eigenvalue weighted by Gasteiger charge is 2.08. The average Bonchev–Trinajstić information content (AvgIpc) is 2.43. The molecule has 5 heteroatoms. The van der Waals surface area contributed by atoms with Crippen molar-refractivity contribution in [2.24, 2.45) is 0 Å². The molecule has 104 valence electrons. The largest absolute Gasteiger partial charge is 0.495 e. The van der Waals surface area contributed by atoms with E-state index in [9.17, 15) is 4.79 Å². The molecule has 0 unspecified atom stereocenters. The van der Waals surface area contributed by atoms with E-state index in [-0.39, 0.29) is 6.03 Å². The predicted molar refractivity (Wildman–Crippen MR) is 84.5 cm³/mol. The minimum absolute atomic E-state index is 0.319. The van der Waals surface area contributed by atoms with Crippen molar-refractivity contribution < 1.29 is 9.53 Å². The molecule has 0 radical (unpaired) electrons. The van der Waals surface area contributed by atoms with E-state index in [1.807, 2.05) is 37.3 Å². The number of methoxy groups -OCH3 is 1. The third-order valence-corrected chi connectivity index (χ3v) is 3.42. The zero-order valence-corrected chi connectivity index (χ0v) is 12.8. The number of carbonyl (C=O) groups excluding carboxylic acids is 1. The molecule has 0 saturated heterocycles. The molecule has 0 aliphatic rings. The molecule has 2 N–H and O–H groups in total. The monoisotopic (exact) mass is 334 g/mol. The number of para-hydroxylation sites is 2. The summed E-state index contributed by atoms with van der Waals surface area (Å²) in [6.45, 7) is 1.97. The summed E-state index contributed by atoms with van der Waals surface area (Å²) >= 11 is 3.41. The number of ether oxygens (including phenoxy) is 1. The zero-order chi connectivity index (χ0) is 14.5.